The Kier molecular flexibility index (Phi) is 4.05. The lowest BCUT2D eigenvalue weighted by atomic mass is 9.76. The summed E-state index contributed by atoms with van der Waals surface area (Å²) in [6.45, 7) is 6.82. The number of aromatic nitrogens is 3. The Morgan fingerprint density at radius 3 is 2.50 bits per heavy atom. The van der Waals surface area contributed by atoms with Crippen molar-refractivity contribution < 1.29 is 14.7 Å². The fraction of sp³-hybridized carbons (Fsp3) is 0.636. The monoisotopic (exact) mass is 254 g/mol. The van der Waals surface area contributed by atoms with E-state index in [4.69, 9.17) is 0 Å². The molecule has 1 atom stereocenters. The van der Waals surface area contributed by atoms with Gasteiger partial charge in [0.1, 0.15) is 5.82 Å². The number of carbonyl (C=O) groups excluding carboxylic acids is 1. The number of aromatic amines is 1. The molecule has 3 N–H and O–H groups in total. The molecule has 0 radical (unpaired) electrons. The summed E-state index contributed by atoms with van der Waals surface area (Å²) in [7, 11) is 0. The van der Waals surface area contributed by atoms with Gasteiger partial charge in [-0.1, -0.05) is 13.8 Å². The van der Waals surface area contributed by atoms with Crippen LogP contribution in [0.2, 0.25) is 0 Å². The summed E-state index contributed by atoms with van der Waals surface area (Å²) in [6.07, 6.45) is -0.117. The van der Waals surface area contributed by atoms with E-state index in [-0.39, 0.29) is 18.3 Å². The Morgan fingerprint density at radius 1 is 1.50 bits per heavy atom. The van der Waals surface area contributed by atoms with Crippen molar-refractivity contribution in [2.45, 2.75) is 34.1 Å². The molecule has 0 bridgehead atoms. The van der Waals surface area contributed by atoms with Crippen LogP contribution < -0.4 is 5.32 Å². The SMILES string of the molecule is Cc1nc(NC(=O)CC(C)(C(=O)O)C(C)C)n[nH]1. The first-order valence-electron chi connectivity index (χ1n) is 5.68. The number of hydrogen-bond donors (Lipinski definition) is 3. The highest BCUT2D eigenvalue weighted by Gasteiger charge is 2.38. The zero-order chi connectivity index (χ0) is 13.9. The van der Waals surface area contributed by atoms with E-state index in [9.17, 15) is 14.7 Å². The minimum atomic E-state index is -1.10. The number of carboxylic acid groups (broad SMARTS) is 1. The van der Waals surface area contributed by atoms with Gasteiger partial charge in [-0.3, -0.25) is 20.0 Å². The first-order valence-corrected chi connectivity index (χ1v) is 5.68. The molecule has 1 rings (SSSR count). The van der Waals surface area contributed by atoms with Crippen molar-refractivity contribution in [1.82, 2.24) is 15.2 Å². The molecule has 7 heteroatoms. The number of carboxylic acids is 1. The standard InChI is InChI=1S/C11H18N4O3/c1-6(2)11(4,9(17)18)5-8(16)13-10-12-7(3)14-15-10/h6H,5H2,1-4H3,(H,17,18)(H2,12,13,14,15,16). The van der Waals surface area contributed by atoms with Crippen LogP contribution >= 0.6 is 0 Å². The normalized spacial score (nSPS) is 14.3. The van der Waals surface area contributed by atoms with Gasteiger partial charge in [-0.25, -0.2) is 0 Å². The van der Waals surface area contributed by atoms with Crippen LogP contribution in [0.3, 0.4) is 0 Å². The highest BCUT2D eigenvalue weighted by Crippen LogP contribution is 2.31. The van der Waals surface area contributed by atoms with Crippen molar-refractivity contribution in [2.24, 2.45) is 11.3 Å². The molecule has 1 aromatic rings. The maximum Gasteiger partial charge on any atom is 0.310 e. The van der Waals surface area contributed by atoms with Gasteiger partial charge in [0.05, 0.1) is 5.41 Å². The molecule has 7 nitrogen and oxygen atoms in total. The first-order chi connectivity index (χ1) is 8.25. The van der Waals surface area contributed by atoms with E-state index in [0.717, 1.165) is 0 Å². The Labute approximate surface area is 105 Å². The van der Waals surface area contributed by atoms with Crippen molar-refractivity contribution in [3.8, 4) is 0 Å². The first kappa shape index (κ1) is 14.1. The van der Waals surface area contributed by atoms with Crippen LogP contribution in [-0.4, -0.2) is 32.2 Å². The van der Waals surface area contributed by atoms with Crippen molar-refractivity contribution in [2.75, 3.05) is 5.32 Å². The second kappa shape index (κ2) is 5.16. The predicted octanol–water partition coefficient (Wildman–Crippen LogP) is 1.19. The molecule has 0 aliphatic rings. The third-order valence-electron chi connectivity index (χ3n) is 3.14. The maximum atomic E-state index is 11.8. The van der Waals surface area contributed by atoms with Crippen molar-refractivity contribution in [1.29, 1.82) is 0 Å². The molecule has 0 aromatic carbocycles. The van der Waals surface area contributed by atoms with Crippen LogP contribution in [0.4, 0.5) is 5.95 Å². The minimum absolute atomic E-state index is 0.117. The lowest BCUT2D eigenvalue weighted by Crippen LogP contribution is -2.37. The fourth-order valence-corrected chi connectivity index (χ4v) is 1.43. The Hall–Kier alpha value is -1.92. The van der Waals surface area contributed by atoms with Gasteiger partial charge in [0.25, 0.3) is 0 Å². The topological polar surface area (TPSA) is 108 Å². The molecule has 1 heterocycles. The highest BCUT2D eigenvalue weighted by molar-refractivity contribution is 5.92. The van der Waals surface area contributed by atoms with Crippen LogP contribution in [0.1, 0.15) is 33.0 Å². The molecule has 0 saturated heterocycles. The molecular formula is C11H18N4O3. The number of hydrogen-bond acceptors (Lipinski definition) is 4. The van der Waals surface area contributed by atoms with E-state index in [1.807, 2.05) is 0 Å². The van der Waals surface area contributed by atoms with E-state index >= 15 is 0 Å². The predicted molar refractivity (Wildman–Crippen MR) is 64.9 cm³/mol. The number of nitrogens with zero attached hydrogens (tertiary/aromatic N) is 2. The molecule has 1 unspecified atom stereocenters. The van der Waals surface area contributed by atoms with E-state index in [1.165, 1.54) is 0 Å². The van der Waals surface area contributed by atoms with Gasteiger partial charge >= 0.3 is 5.97 Å². The quantitative estimate of drug-likeness (QED) is 0.731. The van der Waals surface area contributed by atoms with Gasteiger partial charge in [-0.15, -0.1) is 5.10 Å². The van der Waals surface area contributed by atoms with Crippen LogP contribution in [0, 0.1) is 18.3 Å². The van der Waals surface area contributed by atoms with Crippen LogP contribution in [-0.2, 0) is 9.59 Å². The Morgan fingerprint density at radius 2 is 2.11 bits per heavy atom. The second-order valence-electron chi connectivity index (χ2n) is 4.85. The molecule has 0 spiro atoms. The lowest BCUT2D eigenvalue weighted by Gasteiger charge is -2.27. The number of rotatable bonds is 5. The Balaban J connectivity index is 2.71. The number of carbonyl (C=O) groups is 2. The number of H-pyrrole nitrogens is 1. The zero-order valence-corrected chi connectivity index (χ0v) is 10.9. The Bertz CT molecular complexity index is 455. The van der Waals surface area contributed by atoms with Gasteiger partial charge in [-0.05, 0) is 19.8 Å². The number of amides is 1. The number of aryl methyl sites for hydroxylation is 1. The minimum Gasteiger partial charge on any atom is -0.481 e. The molecule has 100 valence electrons. The van der Waals surface area contributed by atoms with E-state index in [1.54, 1.807) is 27.7 Å². The van der Waals surface area contributed by atoms with Crippen molar-refractivity contribution in [3.05, 3.63) is 5.82 Å². The van der Waals surface area contributed by atoms with E-state index in [0.29, 0.717) is 5.82 Å². The summed E-state index contributed by atoms with van der Waals surface area (Å²) in [4.78, 5) is 26.9. The summed E-state index contributed by atoms with van der Waals surface area (Å²) in [5, 5.41) is 18.0. The van der Waals surface area contributed by atoms with Gasteiger partial charge < -0.3 is 5.11 Å². The molecule has 0 fully saturated rings. The summed E-state index contributed by atoms with van der Waals surface area (Å²) in [5.74, 6) is -0.815. The van der Waals surface area contributed by atoms with Gasteiger partial charge in [-0.2, -0.15) is 4.98 Å². The molecule has 0 aliphatic carbocycles. The van der Waals surface area contributed by atoms with Crippen LogP contribution in [0.5, 0.6) is 0 Å². The third kappa shape index (κ3) is 3.06. The van der Waals surface area contributed by atoms with Gasteiger partial charge in [0.2, 0.25) is 11.9 Å². The van der Waals surface area contributed by atoms with E-state index < -0.39 is 17.3 Å². The van der Waals surface area contributed by atoms with Crippen LogP contribution in [0.15, 0.2) is 0 Å². The average Bonchev–Trinajstić information content (AvgIpc) is 2.62. The number of aliphatic carboxylic acids is 1. The average molecular weight is 254 g/mol. The van der Waals surface area contributed by atoms with Crippen molar-refractivity contribution in [3.63, 3.8) is 0 Å². The number of anilines is 1. The molecule has 0 saturated carbocycles. The largest absolute Gasteiger partial charge is 0.481 e. The van der Waals surface area contributed by atoms with Crippen LogP contribution in [0.25, 0.3) is 0 Å². The van der Waals surface area contributed by atoms with Crippen molar-refractivity contribution >= 4 is 17.8 Å². The van der Waals surface area contributed by atoms with Gasteiger partial charge in [0.15, 0.2) is 0 Å². The highest BCUT2D eigenvalue weighted by atomic mass is 16.4. The molecular weight excluding hydrogens is 236 g/mol. The molecule has 1 amide bonds. The third-order valence-corrected chi connectivity index (χ3v) is 3.14. The number of nitrogens with one attached hydrogen (secondary N) is 2. The maximum absolute atomic E-state index is 11.8. The lowest BCUT2D eigenvalue weighted by molar-refractivity contribution is -0.153. The summed E-state index contributed by atoms with van der Waals surface area (Å²) >= 11 is 0. The van der Waals surface area contributed by atoms with E-state index in [2.05, 4.69) is 20.5 Å². The summed E-state index contributed by atoms with van der Waals surface area (Å²) in [5.41, 5.74) is -1.10. The van der Waals surface area contributed by atoms with Gasteiger partial charge in [0, 0.05) is 6.42 Å². The summed E-state index contributed by atoms with van der Waals surface area (Å²) < 4.78 is 0. The smallest absolute Gasteiger partial charge is 0.310 e. The summed E-state index contributed by atoms with van der Waals surface area (Å²) in [6, 6.07) is 0. The molecule has 18 heavy (non-hydrogen) atoms. The zero-order valence-electron chi connectivity index (χ0n) is 10.9. The second-order valence-corrected chi connectivity index (χ2v) is 4.85. The molecule has 0 aliphatic heterocycles. The molecule has 1 aromatic heterocycles. The fourth-order valence-electron chi connectivity index (χ4n) is 1.43.